The Bertz CT molecular complexity index is 2670. The minimum absolute atomic E-state index is 0.0203. The van der Waals surface area contributed by atoms with Crippen molar-refractivity contribution in [3.8, 4) is 5.75 Å². The van der Waals surface area contributed by atoms with Gasteiger partial charge < -0.3 is 62.0 Å². The summed E-state index contributed by atoms with van der Waals surface area (Å²) in [5.74, 6) is -1.69. The Morgan fingerprint density at radius 1 is 0.790 bits per heavy atom. The van der Waals surface area contributed by atoms with Crippen LogP contribution in [0.25, 0.3) is 21.8 Å². The molecule has 4 heterocycles. The van der Waals surface area contributed by atoms with Gasteiger partial charge in [-0.3, -0.25) is 28.7 Å². The van der Waals surface area contributed by atoms with Gasteiger partial charge in [-0.05, 0) is 53.9 Å². The highest BCUT2D eigenvalue weighted by molar-refractivity contribution is 5.96. The number of H-pyrrole nitrogens is 3. The highest BCUT2D eigenvalue weighted by atomic mass is 16.6. The average Bonchev–Trinajstić information content (AvgIpc) is 3.96. The maximum absolute atomic E-state index is 14.3. The van der Waals surface area contributed by atoms with Crippen molar-refractivity contribution in [3.63, 3.8) is 0 Å². The third-order valence-corrected chi connectivity index (χ3v) is 10.6. The van der Waals surface area contributed by atoms with Crippen LogP contribution in [-0.2, 0) is 32.0 Å². The molecule has 1 fully saturated rings. The quantitative estimate of drug-likeness (QED) is 0.0609. The molecule has 0 radical (unpaired) electrons. The number of para-hydroxylation sites is 2. The number of rotatable bonds is 16. The summed E-state index contributed by atoms with van der Waals surface area (Å²) in [6, 6.07) is 17.9. The lowest BCUT2D eigenvalue weighted by atomic mass is 10.0. The van der Waals surface area contributed by atoms with Crippen LogP contribution >= 0.6 is 0 Å². The molecule has 0 spiro atoms. The van der Waals surface area contributed by atoms with Crippen LogP contribution in [0.2, 0.25) is 0 Å². The molecule has 3 aromatic carbocycles. The number of aromatic nitrogens is 4. The van der Waals surface area contributed by atoms with E-state index in [4.69, 9.17) is 15.2 Å². The van der Waals surface area contributed by atoms with E-state index in [0.29, 0.717) is 17.0 Å². The van der Waals surface area contributed by atoms with E-state index in [0.717, 1.165) is 44.2 Å². The fourth-order valence-electron chi connectivity index (χ4n) is 7.25. The number of aromatic amines is 3. The number of nitrogens with zero attached hydrogens (tertiary/aromatic N) is 1. The standard InChI is InChI=1S/C42H46N10O10/c1-61-25-12-10-24(11-13-25)48-41(59)50-31(17-23-19-45-30-9-5-3-7-27(23)30)39(58)49-32(20-46-37(56)28(43)16-22-18-44-29-8-4-2-6-26(22)29)38(57)47-21-33-35(54)36(55)40(62-33)52-15-14-34(53)51-42(52)60/h2-15,18-19,28,31-33,35-36,40,44-45,54-55H,16-17,20-21,43H2,1H3,(H,46,56)(H,47,57)(H,49,58)(H2,48,50,59)(H,51,53,60)/t28-,31-,32-,33+,35+,36+,40+/m0/s1. The van der Waals surface area contributed by atoms with E-state index < -0.39 is 90.8 Å². The molecule has 5 amide bonds. The molecule has 1 aliphatic heterocycles. The van der Waals surface area contributed by atoms with E-state index in [1.807, 2.05) is 53.5 Å². The van der Waals surface area contributed by atoms with Crippen LogP contribution in [0.15, 0.2) is 107 Å². The van der Waals surface area contributed by atoms with Crippen molar-refractivity contribution >= 4 is 51.2 Å². The number of aliphatic hydroxyl groups excluding tert-OH is 2. The number of carbonyl (C=O) groups excluding carboxylic acids is 4. The number of nitrogens with two attached hydrogens (primary N) is 1. The van der Waals surface area contributed by atoms with E-state index in [2.05, 4.69) is 36.6 Å². The first-order chi connectivity index (χ1) is 29.9. The minimum atomic E-state index is -1.63. The Balaban J connectivity index is 1.09. The fourth-order valence-corrected chi connectivity index (χ4v) is 7.25. The average molecular weight is 851 g/mol. The zero-order chi connectivity index (χ0) is 43.9. The van der Waals surface area contributed by atoms with E-state index in [-0.39, 0.29) is 12.8 Å². The summed E-state index contributed by atoms with van der Waals surface area (Å²) in [5.41, 5.74) is 8.30. The van der Waals surface area contributed by atoms with Crippen molar-refractivity contribution in [2.45, 2.75) is 55.5 Å². The number of carbonyl (C=O) groups is 4. The maximum atomic E-state index is 14.3. The Labute approximate surface area is 352 Å². The molecule has 7 atom stereocenters. The number of benzene rings is 3. The first-order valence-electron chi connectivity index (χ1n) is 19.6. The molecule has 0 aliphatic carbocycles. The smallest absolute Gasteiger partial charge is 0.330 e. The van der Waals surface area contributed by atoms with Crippen LogP contribution in [0, 0.1) is 0 Å². The molecule has 7 rings (SSSR count). The highest BCUT2D eigenvalue weighted by Crippen LogP contribution is 2.28. The van der Waals surface area contributed by atoms with Gasteiger partial charge in [0.1, 0.15) is 36.1 Å². The lowest BCUT2D eigenvalue weighted by Gasteiger charge is -2.25. The Morgan fingerprint density at radius 3 is 2.08 bits per heavy atom. The number of urea groups is 1. The van der Waals surface area contributed by atoms with Gasteiger partial charge in [0, 0.05) is 71.7 Å². The van der Waals surface area contributed by atoms with Crippen LogP contribution in [0.5, 0.6) is 5.75 Å². The molecule has 0 unspecified atom stereocenters. The topological polar surface area (TPSA) is 300 Å². The lowest BCUT2D eigenvalue weighted by Crippen LogP contribution is -2.59. The molecule has 12 N–H and O–H groups in total. The zero-order valence-electron chi connectivity index (χ0n) is 33.3. The number of fused-ring (bicyclic) bond motifs is 2. The van der Waals surface area contributed by atoms with Crippen LogP contribution < -0.4 is 48.3 Å². The van der Waals surface area contributed by atoms with Crippen molar-refractivity contribution in [2.75, 3.05) is 25.5 Å². The number of amides is 5. The second-order valence-electron chi connectivity index (χ2n) is 14.7. The predicted octanol–water partition coefficient (Wildman–Crippen LogP) is -0.153. The van der Waals surface area contributed by atoms with E-state index in [1.54, 1.807) is 36.7 Å². The Morgan fingerprint density at radius 2 is 1.44 bits per heavy atom. The highest BCUT2D eigenvalue weighted by Gasteiger charge is 2.44. The third kappa shape index (κ3) is 9.85. The van der Waals surface area contributed by atoms with E-state index in [1.165, 1.54) is 7.11 Å². The summed E-state index contributed by atoms with van der Waals surface area (Å²) in [5, 5.41) is 36.5. The molecule has 1 saturated heterocycles. The monoisotopic (exact) mass is 850 g/mol. The Kier molecular flexibility index (Phi) is 13.1. The summed E-state index contributed by atoms with van der Waals surface area (Å²) < 4.78 is 11.8. The molecule has 1 aliphatic rings. The second-order valence-corrected chi connectivity index (χ2v) is 14.7. The molecular formula is C42H46N10O10. The van der Waals surface area contributed by atoms with Crippen LogP contribution in [-0.4, -0.2) is 110 Å². The largest absolute Gasteiger partial charge is 0.497 e. The molecule has 20 heteroatoms. The summed E-state index contributed by atoms with van der Waals surface area (Å²) in [6.45, 7) is -0.880. The van der Waals surface area contributed by atoms with Crippen molar-refractivity contribution in [1.29, 1.82) is 0 Å². The van der Waals surface area contributed by atoms with E-state index >= 15 is 0 Å². The number of hydrogen-bond acceptors (Lipinski definition) is 11. The summed E-state index contributed by atoms with van der Waals surface area (Å²) in [4.78, 5) is 87.4. The van der Waals surface area contributed by atoms with Gasteiger partial charge in [0.15, 0.2) is 6.23 Å². The van der Waals surface area contributed by atoms with E-state index in [9.17, 15) is 39.0 Å². The lowest BCUT2D eigenvalue weighted by molar-refractivity contribution is -0.131. The van der Waals surface area contributed by atoms with Gasteiger partial charge in [0.25, 0.3) is 5.56 Å². The molecule has 20 nitrogen and oxygen atoms in total. The van der Waals surface area contributed by atoms with Crippen LogP contribution in [0.3, 0.4) is 0 Å². The van der Waals surface area contributed by atoms with Crippen molar-refractivity contribution in [1.82, 2.24) is 40.8 Å². The fraction of sp³-hybridized carbons (Fsp3) is 0.286. The first kappa shape index (κ1) is 42.8. The SMILES string of the molecule is COc1ccc(NC(=O)N[C@@H](Cc2c[nH]c3ccccc23)C(=O)N[C@@H](CNC(=O)[C@@H](N)Cc2c[nH]c3ccccc23)C(=O)NC[C@H]2O[C@@H](n3ccc(=O)[nH]c3=O)[C@H](O)[C@@H]2O)cc1. The number of nitrogens with one attached hydrogen (secondary N) is 8. The molecule has 62 heavy (non-hydrogen) atoms. The van der Waals surface area contributed by atoms with Crippen molar-refractivity contribution < 1.29 is 38.9 Å². The first-order valence-corrected chi connectivity index (χ1v) is 19.6. The normalized spacial score (nSPS) is 18.7. The number of ether oxygens (including phenoxy) is 2. The van der Waals surface area contributed by atoms with Gasteiger partial charge in [-0.2, -0.15) is 0 Å². The molecule has 3 aromatic heterocycles. The van der Waals surface area contributed by atoms with Crippen LogP contribution in [0.4, 0.5) is 10.5 Å². The van der Waals surface area contributed by atoms with Gasteiger partial charge in [-0.25, -0.2) is 9.59 Å². The number of methoxy groups -OCH3 is 1. The predicted molar refractivity (Wildman–Crippen MR) is 226 cm³/mol. The molecule has 0 saturated carbocycles. The number of hydrogen-bond donors (Lipinski definition) is 11. The van der Waals surface area contributed by atoms with Gasteiger partial charge >= 0.3 is 11.7 Å². The number of aliphatic hydroxyl groups is 2. The van der Waals surface area contributed by atoms with Crippen molar-refractivity contribution in [2.24, 2.45) is 5.73 Å². The van der Waals surface area contributed by atoms with Gasteiger partial charge in [0.2, 0.25) is 17.7 Å². The molecule has 324 valence electrons. The summed E-state index contributed by atoms with van der Waals surface area (Å²) >= 11 is 0. The summed E-state index contributed by atoms with van der Waals surface area (Å²) in [6.07, 6.45) is -1.20. The minimum Gasteiger partial charge on any atom is -0.497 e. The molecule has 6 aromatic rings. The maximum Gasteiger partial charge on any atom is 0.330 e. The van der Waals surface area contributed by atoms with Gasteiger partial charge in [0.05, 0.1) is 13.2 Å². The van der Waals surface area contributed by atoms with Gasteiger partial charge in [-0.1, -0.05) is 36.4 Å². The molecular weight excluding hydrogens is 805 g/mol. The third-order valence-electron chi connectivity index (χ3n) is 10.6. The second kappa shape index (κ2) is 19.0. The van der Waals surface area contributed by atoms with Crippen LogP contribution in [0.1, 0.15) is 17.4 Å². The molecule has 0 bridgehead atoms. The number of anilines is 1. The van der Waals surface area contributed by atoms with Crippen molar-refractivity contribution in [3.05, 3.63) is 129 Å². The summed E-state index contributed by atoms with van der Waals surface area (Å²) in [7, 11) is 1.51. The van der Waals surface area contributed by atoms with Gasteiger partial charge in [-0.15, -0.1) is 0 Å². The zero-order valence-corrected chi connectivity index (χ0v) is 33.3. The Hall–Kier alpha value is -7.26.